The van der Waals surface area contributed by atoms with Gasteiger partial charge >= 0.3 is 0 Å². The minimum atomic E-state index is -1.15. The fourth-order valence-electron chi connectivity index (χ4n) is 4.95. The molecule has 2 aromatic heterocycles. The average molecular weight is 563 g/mol. The molecule has 2 aliphatic rings. The summed E-state index contributed by atoms with van der Waals surface area (Å²) in [5.41, 5.74) is 0.233. The van der Waals surface area contributed by atoms with E-state index in [2.05, 4.69) is 36.5 Å². The first-order valence-corrected chi connectivity index (χ1v) is 14.6. The highest BCUT2D eigenvalue weighted by atomic mass is 35.5. The van der Waals surface area contributed by atoms with Gasteiger partial charge in [-0.15, -0.1) is 4.72 Å². The number of benzene rings is 1. The van der Waals surface area contributed by atoms with Crippen LogP contribution in [0.4, 0.5) is 5.82 Å². The van der Waals surface area contributed by atoms with Crippen molar-refractivity contribution in [1.82, 2.24) is 24.7 Å². The molecular weight excluding hydrogens is 532 g/mol. The third-order valence-corrected chi connectivity index (χ3v) is 10.2. The van der Waals surface area contributed by atoms with Gasteiger partial charge in [-0.1, -0.05) is 23.4 Å². The van der Waals surface area contributed by atoms with Gasteiger partial charge in [-0.25, -0.2) is 15.0 Å². The van der Waals surface area contributed by atoms with Crippen LogP contribution in [0.3, 0.4) is 0 Å². The zero-order valence-electron chi connectivity index (χ0n) is 21.3. The number of fused-ring (bicyclic) bond motifs is 1. The largest absolute Gasteiger partial charge is 0.598 e. The fraction of sp³-hybridized carbons (Fsp3) is 0.520. The normalized spacial score (nSPS) is 22.6. The van der Waals surface area contributed by atoms with Gasteiger partial charge in [0.25, 0.3) is 5.56 Å². The highest BCUT2D eigenvalue weighted by Gasteiger charge is 2.52. The Morgan fingerprint density at radius 1 is 1.24 bits per heavy atom. The van der Waals surface area contributed by atoms with Crippen molar-refractivity contribution in [2.45, 2.75) is 67.4 Å². The number of H-pyrrole nitrogens is 1. The molecule has 0 bridgehead atoms. The van der Waals surface area contributed by atoms with E-state index in [0.29, 0.717) is 27.6 Å². The number of rotatable bonds is 5. The summed E-state index contributed by atoms with van der Waals surface area (Å²) in [6.45, 7) is 10.3. The third kappa shape index (κ3) is 5.35. The average Bonchev–Trinajstić information content (AvgIpc) is 3.16. The van der Waals surface area contributed by atoms with Crippen LogP contribution >= 0.6 is 23.4 Å². The number of nitrogens with zero attached hydrogens (tertiary/aromatic N) is 4. The molecule has 3 aromatic rings. The molecule has 2 aliphatic heterocycles. The number of piperidine rings is 1. The van der Waals surface area contributed by atoms with Crippen LogP contribution in [0, 0.1) is 5.41 Å². The number of halogens is 1. The Morgan fingerprint density at radius 2 is 2.00 bits per heavy atom. The van der Waals surface area contributed by atoms with Crippen molar-refractivity contribution in [2.75, 3.05) is 24.6 Å². The first-order valence-electron chi connectivity index (χ1n) is 12.3. The van der Waals surface area contributed by atoms with Crippen molar-refractivity contribution < 1.29 is 9.29 Å². The zero-order valence-corrected chi connectivity index (χ0v) is 23.7. The van der Waals surface area contributed by atoms with Crippen LogP contribution in [0.1, 0.15) is 40.5 Å². The molecular formula is C25H31ClN6O3S2. The molecule has 5 rings (SSSR count). The van der Waals surface area contributed by atoms with Gasteiger partial charge < -0.3 is 19.2 Å². The summed E-state index contributed by atoms with van der Waals surface area (Å²) in [5, 5.41) is 1.41. The smallest absolute Gasteiger partial charge is 0.260 e. The van der Waals surface area contributed by atoms with Gasteiger partial charge in [0.05, 0.1) is 53.4 Å². The van der Waals surface area contributed by atoms with Crippen LogP contribution in [-0.2, 0) is 16.1 Å². The lowest BCUT2D eigenvalue weighted by molar-refractivity contribution is 0.0973. The predicted octanol–water partition coefficient (Wildman–Crippen LogP) is 3.94. The minimum Gasteiger partial charge on any atom is -0.598 e. The van der Waals surface area contributed by atoms with Gasteiger partial charge in [0, 0.05) is 34.8 Å². The summed E-state index contributed by atoms with van der Waals surface area (Å²) in [7, 11) is 0. The van der Waals surface area contributed by atoms with Crippen molar-refractivity contribution >= 4 is 51.4 Å². The topological polar surface area (TPSA) is 119 Å². The van der Waals surface area contributed by atoms with Crippen LogP contribution in [0.15, 0.2) is 45.6 Å². The van der Waals surface area contributed by atoms with Crippen LogP contribution < -0.4 is 15.2 Å². The van der Waals surface area contributed by atoms with E-state index in [1.54, 1.807) is 18.5 Å². The monoisotopic (exact) mass is 562 g/mol. The van der Waals surface area contributed by atoms with E-state index >= 15 is 0 Å². The molecule has 2 fully saturated rings. The third-order valence-electron chi connectivity index (χ3n) is 7.18. The fourth-order valence-corrected chi connectivity index (χ4v) is 7.10. The quantitative estimate of drug-likeness (QED) is 0.445. The maximum Gasteiger partial charge on any atom is 0.260 e. The highest BCUT2D eigenvalue weighted by molar-refractivity contribution is 7.99. The van der Waals surface area contributed by atoms with Gasteiger partial charge in [0.1, 0.15) is 15.6 Å². The zero-order chi connectivity index (χ0) is 26.4. The number of anilines is 1. The standard InChI is InChI=1S/C25H31ClN6O3S2/c1-15-22(31-37(34)24(2,3)4)25(13-35-15)7-9-32(10-8-25)18-11-28-19(12-27-18)36-17-6-5-16-20(21(17)26)23(33)30-14-29-16/h5-6,11-12,14-15,22,31H,7-10,13H2,1-4H3,(H,29,30,33)/t15-,22+,37?/m0/s1. The molecule has 4 heterocycles. The maximum atomic E-state index is 12.8. The number of aromatic amines is 1. The van der Waals surface area contributed by atoms with E-state index in [9.17, 15) is 9.35 Å². The first-order chi connectivity index (χ1) is 17.6. The SMILES string of the molecule is C[C@@H]1OCC2(CCN(c3cnc(Sc4ccc5nc[nH]c(=O)c5c4Cl)cn3)CC2)[C@@H]1N[S+]([O-])C(C)(C)C. The van der Waals surface area contributed by atoms with Crippen molar-refractivity contribution in [3.05, 3.63) is 46.2 Å². The van der Waals surface area contributed by atoms with Crippen LogP contribution in [0.2, 0.25) is 5.02 Å². The van der Waals surface area contributed by atoms with Crippen molar-refractivity contribution in [1.29, 1.82) is 0 Å². The molecule has 0 radical (unpaired) electrons. The van der Waals surface area contributed by atoms with Gasteiger partial charge in [-0.05, 0) is 52.7 Å². The molecule has 9 nitrogen and oxygen atoms in total. The molecule has 37 heavy (non-hydrogen) atoms. The molecule has 198 valence electrons. The second-order valence-electron chi connectivity index (χ2n) is 10.7. The lowest BCUT2D eigenvalue weighted by Crippen LogP contribution is -2.56. The van der Waals surface area contributed by atoms with Gasteiger partial charge in [-0.2, -0.15) is 0 Å². The molecule has 0 amide bonds. The van der Waals surface area contributed by atoms with Gasteiger partial charge in [0.2, 0.25) is 0 Å². The summed E-state index contributed by atoms with van der Waals surface area (Å²) in [5.74, 6) is 0.819. The van der Waals surface area contributed by atoms with E-state index in [0.717, 1.165) is 36.6 Å². The Labute approximate surface area is 228 Å². The Hall–Kier alpha value is -1.89. The summed E-state index contributed by atoms with van der Waals surface area (Å²) in [4.78, 5) is 31.1. The second kappa shape index (κ2) is 10.3. The second-order valence-corrected chi connectivity index (χ2v) is 14.1. The Bertz CT molecular complexity index is 1320. The van der Waals surface area contributed by atoms with E-state index in [4.69, 9.17) is 16.3 Å². The van der Waals surface area contributed by atoms with Crippen LogP contribution in [0.25, 0.3) is 10.9 Å². The van der Waals surface area contributed by atoms with Crippen molar-refractivity contribution in [2.24, 2.45) is 5.41 Å². The van der Waals surface area contributed by atoms with Gasteiger partial charge in [0.15, 0.2) is 0 Å². The summed E-state index contributed by atoms with van der Waals surface area (Å²) >= 11 is 6.72. The lowest BCUT2D eigenvalue weighted by atomic mass is 9.73. The highest BCUT2D eigenvalue weighted by Crippen LogP contribution is 2.43. The number of hydrogen-bond donors (Lipinski definition) is 2. The maximum absolute atomic E-state index is 12.8. The summed E-state index contributed by atoms with van der Waals surface area (Å²) < 4.78 is 21.9. The summed E-state index contributed by atoms with van der Waals surface area (Å²) in [6, 6.07) is 3.66. The molecule has 0 saturated carbocycles. The lowest BCUT2D eigenvalue weighted by Gasteiger charge is -2.43. The molecule has 0 aliphatic carbocycles. The van der Waals surface area contributed by atoms with E-state index in [-0.39, 0.29) is 27.9 Å². The number of nitrogens with one attached hydrogen (secondary N) is 2. The molecule has 12 heteroatoms. The van der Waals surface area contributed by atoms with Crippen molar-refractivity contribution in [3.8, 4) is 0 Å². The predicted molar refractivity (Wildman–Crippen MR) is 148 cm³/mol. The Morgan fingerprint density at radius 3 is 2.68 bits per heavy atom. The number of ether oxygens (including phenoxy) is 1. The summed E-state index contributed by atoms with van der Waals surface area (Å²) in [6.07, 6.45) is 6.73. The van der Waals surface area contributed by atoms with E-state index < -0.39 is 11.4 Å². The molecule has 3 atom stereocenters. The van der Waals surface area contributed by atoms with Gasteiger partial charge in [-0.3, -0.25) is 4.79 Å². The minimum absolute atomic E-state index is 0.0160. The molecule has 1 spiro atoms. The van der Waals surface area contributed by atoms with Crippen molar-refractivity contribution in [3.63, 3.8) is 0 Å². The first kappa shape index (κ1) is 26.7. The number of aromatic nitrogens is 4. The molecule has 1 aromatic carbocycles. The van der Waals surface area contributed by atoms with Crippen LogP contribution in [0.5, 0.6) is 0 Å². The molecule has 2 saturated heterocycles. The van der Waals surface area contributed by atoms with E-state index in [1.807, 2.05) is 26.8 Å². The number of hydrogen-bond acceptors (Lipinski definition) is 9. The molecule has 2 N–H and O–H groups in total. The van der Waals surface area contributed by atoms with E-state index in [1.165, 1.54) is 18.1 Å². The Kier molecular flexibility index (Phi) is 7.47. The Balaban J connectivity index is 1.25. The van der Waals surface area contributed by atoms with Crippen LogP contribution in [-0.4, -0.2) is 61.1 Å². The molecule has 1 unspecified atom stereocenters.